The summed E-state index contributed by atoms with van der Waals surface area (Å²) in [5.41, 5.74) is 0.284. The van der Waals surface area contributed by atoms with E-state index in [0.717, 1.165) is 5.69 Å². The Bertz CT molecular complexity index is 678. The minimum absolute atomic E-state index is 0.131. The molecular formula is C17H29BrN4O2Si. The van der Waals surface area contributed by atoms with Crippen molar-refractivity contribution < 1.29 is 9.22 Å². The minimum Gasteiger partial charge on any atom is -0.414 e. The van der Waals surface area contributed by atoms with Crippen LogP contribution in [-0.4, -0.2) is 42.0 Å². The van der Waals surface area contributed by atoms with E-state index in [-0.39, 0.29) is 10.9 Å². The number of alkyl halides is 1. The molecule has 1 aromatic heterocycles. The number of amides is 1. The van der Waals surface area contributed by atoms with E-state index in [1.807, 2.05) is 19.9 Å². The van der Waals surface area contributed by atoms with Crippen LogP contribution < -0.4 is 10.6 Å². The summed E-state index contributed by atoms with van der Waals surface area (Å²) < 4.78 is 5.20. The summed E-state index contributed by atoms with van der Waals surface area (Å²) >= 11 is 3.47. The summed E-state index contributed by atoms with van der Waals surface area (Å²) in [7, 11) is -1.87. The molecule has 1 unspecified atom stereocenters. The normalized spacial score (nSPS) is 20.8. The number of anilines is 1. The van der Waals surface area contributed by atoms with Crippen molar-refractivity contribution in [2.24, 2.45) is 4.99 Å². The van der Waals surface area contributed by atoms with Crippen LogP contribution in [0.15, 0.2) is 17.3 Å². The molecular weight excluding hydrogens is 400 g/mol. The number of rotatable bonds is 5. The molecule has 1 atom stereocenters. The highest BCUT2D eigenvalue weighted by Gasteiger charge is 2.42. The Morgan fingerprint density at radius 3 is 2.60 bits per heavy atom. The highest BCUT2D eigenvalue weighted by Crippen LogP contribution is 2.37. The zero-order chi connectivity index (χ0) is 19.1. The topological polar surface area (TPSA) is 78.5 Å². The van der Waals surface area contributed by atoms with Gasteiger partial charge in [0.2, 0.25) is 4.45 Å². The van der Waals surface area contributed by atoms with Crippen molar-refractivity contribution in [3.63, 3.8) is 0 Å². The Morgan fingerprint density at radius 2 is 2.00 bits per heavy atom. The monoisotopic (exact) mass is 428 g/mol. The van der Waals surface area contributed by atoms with Gasteiger partial charge in [0.05, 0.1) is 24.0 Å². The highest BCUT2D eigenvalue weighted by molar-refractivity contribution is 9.10. The number of fused-ring (bicyclic) bond motifs is 1. The predicted molar refractivity (Wildman–Crippen MR) is 110 cm³/mol. The summed E-state index contributed by atoms with van der Waals surface area (Å²) in [6.45, 7) is 15.4. The first-order valence-electron chi connectivity index (χ1n) is 8.42. The summed E-state index contributed by atoms with van der Waals surface area (Å²) in [5, 5.41) is 6.36. The van der Waals surface area contributed by atoms with Crippen LogP contribution in [0.3, 0.4) is 0 Å². The molecule has 0 spiro atoms. The quantitative estimate of drug-likeness (QED) is 0.374. The number of carbonyl (C=O) groups is 1. The first kappa shape index (κ1) is 20.2. The molecule has 0 aromatic carbocycles. The maximum absolute atomic E-state index is 12.8. The minimum atomic E-state index is -1.87. The number of aromatic nitrogens is 1. The Morgan fingerprint density at radius 1 is 1.36 bits per heavy atom. The van der Waals surface area contributed by atoms with Crippen molar-refractivity contribution in [2.45, 2.75) is 62.7 Å². The largest absolute Gasteiger partial charge is 0.414 e. The zero-order valence-corrected chi connectivity index (χ0v) is 18.7. The lowest BCUT2D eigenvalue weighted by Gasteiger charge is -2.40. The second kappa shape index (κ2) is 6.55. The average molecular weight is 429 g/mol. The van der Waals surface area contributed by atoms with Crippen molar-refractivity contribution in [1.82, 2.24) is 10.3 Å². The third-order valence-corrected chi connectivity index (χ3v) is 10.0. The van der Waals surface area contributed by atoms with E-state index < -0.39 is 18.3 Å². The van der Waals surface area contributed by atoms with E-state index in [2.05, 4.69) is 70.4 Å². The maximum atomic E-state index is 12.8. The first-order valence-corrected chi connectivity index (χ1v) is 12.1. The summed E-state index contributed by atoms with van der Waals surface area (Å²) in [6, 6.07) is 1.85. The maximum Gasteiger partial charge on any atom is 0.263 e. The Hall–Kier alpha value is -1.12. The fourth-order valence-electron chi connectivity index (χ4n) is 2.08. The predicted octanol–water partition coefficient (Wildman–Crippen LogP) is 4.15. The summed E-state index contributed by atoms with van der Waals surface area (Å²) in [5.74, 6) is 0.510. The van der Waals surface area contributed by atoms with E-state index in [1.165, 1.54) is 0 Å². The van der Waals surface area contributed by atoms with E-state index in [0.29, 0.717) is 12.4 Å². The van der Waals surface area contributed by atoms with Crippen molar-refractivity contribution in [1.29, 1.82) is 0 Å². The lowest BCUT2D eigenvalue weighted by Crippen LogP contribution is -2.58. The van der Waals surface area contributed by atoms with E-state index in [1.54, 1.807) is 12.4 Å². The number of aromatic amines is 1. The molecule has 0 saturated heterocycles. The smallest absolute Gasteiger partial charge is 0.263 e. The molecule has 0 aliphatic carbocycles. The van der Waals surface area contributed by atoms with Gasteiger partial charge in [0.1, 0.15) is 0 Å². The number of halogens is 1. The van der Waals surface area contributed by atoms with Crippen molar-refractivity contribution in [3.05, 3.63) is 12.3 Å². The highest BCUT2D eigenvalue weighted by atomic mass is 79.9. The van der Waals surface area contributed by atoms with Crippen LogP contribution in [0.5, 0.6) is 0 Å². The van der Waals surface area contributed by atoms with Gasteiger partial charge in [-0.25, -0.2) is 4.99 Å². The number of hydrogen-bond acceptors (Lipinski definition) is 4. The van der Waals surface area contributed by atoms with Gasteiger partial charge in [-0.3, -0.25) is 4.79 Å². The molecule has 2 rings (SSSR count). The van der Waals surface area contributed by atoms with Gasteiger partial charge >= 0.3 is 0 Å². The molecule has 2 heterocycles. The summed E-state index contributed by atoms with van der Waals surface area (Å²) in [6.07, 6.45) is 3.34. The van der Waals surface area contributed by atoms with Gasteiger partial charge < -0.3 is 20.0 Å². The third-order valence-electron chi connectivity index (χ3n) is 4.80. The van der Waals surface area contributed by atoms with Crippen LogP contribution in [0.25, 0.3) is 0 Å². The number of nitrogens with zero attached hydrogens (tertiary/aromatic N) is 1. The van der Waals surface area contributed by atoms with Crippen LogP contribution in [0.2, 0.25) is 18.1 Å². The molecule has 140 valence electrons. The van der Waals surface area contributed by atoms with Crippen molar-refractivity contribution in [2.75, 3.05) is 11.9 Å². The molecule has 3 N–H and O–H groups in total. The Balaban J connectivity index is 2.02. The number of nitrogens with one attached hydrogen (secondary N) is 3. The van der Waals surface area contributed by atoms with Crippen molar-refractivity contribution >= 4 is 47.9 Å². The molecule has 1 aliphatic rings. The standard InChI is InChI=1S/C17H29BrN4O2Si/c1-15(2,3)25(6,7)24-11-16(4,5)22-14(23)17(18)10-20-13-12(21-17)8-9-19-13/h8-10,19,21H,11H2,1-7H3,(H,22,23). The third kappa shape index (κ3) is 4.54. The lowest BCUT2D eigenvalue weighted by atomic mass is 10.1. The number of carbonyl (C=O) groups excluding carboxylic acids is 1. The second-order valence-electron chi connectivity index (χ2n) is 8.72. The van der Waals surface area contributed by atoms with E-state index in [9.17, 15) is 4.79 Å². The van der Waals surface area contributed by atoms with Gasteiger partial charge in [0.25, 0.3) is 5.91 Å². The number of aliphatic imine (C=N–C) groups is 1. The first-order chi connectivity index (χ1) is 11.3. The second-order valence-corrected chi connectivity index (χ2v) is 14.8. The Kier molecular flexibility index (Phi) is 5.29. The molecule has 8 heteroatoms. The van der Waals surface area contributed by atoms with Crippen LogP contribution in [-0.2, 0) is 9.22 Å². The Labute approximate surface area is 159 Å². The number of hydrogen-bond donors (Lipinski definition) is 3. The molecule has 1 aromatic rings. The van der Waals surface area contributed by atoms with E-state index >= 15 is 0 Å². The van der Waals surface area contributed by atoms with E-state index in [4.69, 9.17) is 4.43 Å². The molecule has 0 radical (unpaired) electrons. The van der Waals surface area contributed by atoms with Crippen LogP contribution in [0, 0.1) is 0 Å². The number of H-pyrrole nitrogens is 1. The molecule has 1 amide bonds. The molecule has 0 fully saturated rings. The van der Waals surface area contributed by atoms with Crippen LogP contribution in [0.4, 0.5) is 11.5 Å². The van der Waals surface area contributed by atoms with Gasteiger partial charge in [0.15, 0.2) is 14.1 Å². The van der Waals surface area contributed by atoms with Gasteiger partial charge in [-0.2, -0.15) is 0 Å². The fraction of sp³-hybridized carbons (Fsp3) is 0.647. The summed E-state index contributed by atoms with van der Waals surface area (Å²) in [4.78, 5) is 20.1. The van der Waals surface area contributed by atoms with Gasteiger partial charge in [0, 0.05) is 6.20 Å². The lowest BCUT2D eigenvalue weighted by molar-refractivity contribution is -0.123. The molecule has 1 aliphatic heterocycles. The van der Waals surface area contributed by atoms with Gasteiger partial charge in [-0.15, -0.1) is 0 Å². The zero-order valence-electron chi connectivity index (χ0n) is 16.1. The molecule has 6 nitrogen and oxygen atoms in total. The fourth-order valence-corrected chi connectivity index (χ4v) is 3.65. The van der Waals surface area contributed by atoms with Crippen molar-refractivity contribution in [3.8, 4) is 0 Å². The molecule has 0 saturated carbocycles. The molecule has 0 bridgehead atoms. The average Bonchev–Trinajstić information content (AvgIpc) is 2.91. The molecule has 25 heavy (non-hydrogen) atoms. The van der Waals surface area contributed by atoms with Crippen LogP contribution >= 0.6 is 15.9 Å². The van der Waals surface area contributed by atoms with Crippen LogP contribution in [0.1, 0.15) is 34.6 Å². The SMILES string of the molecule is CC(C)(CO[Si](C)(C)C(C)(C)C)NC(=O)C1(Br)C=Nc2[nH]ccc2N1. The van der Waals surface area contributed by atoms with Gasteiger partial charge in [-0.1, -0.05) is 20.8 Å². The van der Waals surface area contributed by atoms with Gasteiger partial charge in [-0.05, 0) is 54.0 Å².